The Morgan fingerprint density at radius 2 is 2.00 bits per heavy atom. The highest BCUT2D eigenvalue weighted by atomic mass is 16.5. The van der Waals surface area contributed by atoms with Crippen LogP contribution in [0.5, 0.6) is 11.5 Å². The lowest BCUT2D eigenvalue weighted by molar-refractivity contribution is 0.0677. The molecule has 7 heteroatoms. The number of anilines is 1. The zero-order chi connectivity index (χ0) is 20.1. The molecule has 1 atom stereocenters. The van der Waals surface area contributed by atoms with Gasteiger partial charge in [-0.2, -0.15) is 0 Å². The molecule has 1 fully saturated rings. The first-order chi connectivity index (χ1) is 13.5. The number of amides is 2. The van der Waals surface area contributed by atoms with Crippen molar-refractivity contribution >= 4 is 17.5 Å². The summed E-state index contributed by atoms with van der Waals surface area (Å²) in [6.45, 7) is 3.59. The molecule has 0 bridgehead atoms. The smallest absolute Gasteiger partial charge is 0.272 e. The average molecular weight is 383 g/mol. The summed E-state index contributed by atoms with van der Waals surface area (Å²) in [6.07, 6.45) is 3.61. The summed E-state index contributed by atoms with van der Waals surface area (Å²) in [7, 11) is 3.08. The molecule has 148 valence electrons. The Morgan fingerprint density at radius 3 is 2.71 bits per heavy atom. The standard InChI is InChI=1S/C21H25N3O4/c1-14-5-4-10-24(13-14)21(26)18-11-15(8-9-22-18)20(25)23-17-7-6-16(27-2)12-19(17)28-3/h6-9,11-12,14H,4-5,10,13H2,1-3H3,(H,23,25). The van der Waals surface area contributed by atoms with Gasteiger partial charge in [0.15, 0.2) is 0 Å². The van der Waals surface area contributed by atoms with Gasteiger partial charge >= 0.3 is 0 Å². The maximum atomic E-state index is 12.7. The van der Waals surface area contributed by atoms with Crippen LogP contribution in [-0.4, -0.2) is 49.0 Å². The normalized spacial score (nSPS) is 16.4. The molecule has 1 aromatic heterocycles. The number of hydrogen-bond donors (Lipinski definition) is 1. The van der Waals surface area contributed by atoms with Gasteiger partial charge in [0.05, 0.1) is 19.9 Å². The van der Waals surface area contributed by atoms with Crippen LogP contribution in [-0.2, 0) is 0 Å². The number of piperidine rings is 1. The molecule has 2 aromatic rings. The summed E-state index contributed by atoms with van der Waals surface area (Å²) >= 11 is 0. The van der Waals surface area contributed by atoms with Crippen molar-refractivity contribution in [3.05, 3.63) is 47.8 Å². The summed E-state index contributed by atoms with van der Waals surface area (Å²) in [5, 5.41) is 2.81. The fraction of sp³-hybridized carbons (Fsp3) is 0.381. The second kappa shape index (κ2) is 8.73. The number of rotatable bonds is 5. The van der Waals surface area contributed by atoms with Crippen LogP contribution in [0, 0.1) is 5.92 Å². The molecule has 1 aliphatic heterocycles. The fourth-order valence-electron chi connectivity index (χ4n) is 3.32. The van der Waals surface area contributed by atoms with Crippen molar-refractivity contribution in [2.75, 3.05) is 32.6 Å². The van der Waals surface area contributed by atoms with Crippen molar-refractivity contribution in [2.24, 2.45) is 5.92 Å². The molecule has 1 aliphatic rings. The maximum Gasteiger partial charge on any atom is 0.272 e. The van der Waals surface area contributed by atoms with Gasteiger partial charge in [0.1, 0.15) is 17.2 Å². The number of pyridine rings is 1. The third-order valence-electron chi connectivity index (χ3n) is 4.84. The number of hydrogen-bond acceptors (Lipinski definition) is 5. The Kier molecular flexibility index (Phi) is 6.13. The lowest BCUT2D eigenvalue weighted by atomic mass is 10.00. The van der Waals surface area contributed by atoms with E-state index in [1.54, 1.807) is 31.4 Å². The average Bonchev–Trinajstić information content (AvgIpc) is 2.73. The van der Waals surface area contributed by atoms with E-state index in [2.05, 4.69) is 17.2 Å². The second-order valence-electron chi connectivity index (χ2n) is 6.95. The van der Waals surface area contributed by atoms with Crippen LogP contribution in [0.3, 0.4) is 0 Å². The number of aromatic nitrogens is 1. The molecule has 28 heavy (non-hydrogen) atoms. The van der Waals surface area contributed by atoms with Crippen LogP contribution in [0.15, 0.2) is 36.5 Å². The Balaban J connectivity index is 1.76. The highest BCUT2D eigenvalue weighted by Gasteiger charge is 2.23. The molecule has 1 N–H and O–H groups in total. The van der Waals surface area contributed by atoms with Crippen LogP contribution in [0.25, 0.3) is 0 Å². The fourth-order valence-corrected chi connectivity index (χ4v) is 3.32. The molecule has 1 saturated heterocycles. The molecule has 7 nitrogen and oxygen atoms in total. The van der Waals surface area contributed by atoms with Crippen LogP contribution in [0.2, 0.25) is 0 Å². The summed E-state index contributed by atoms with van der Waals surface area (Å²) in [4.78, 5) is 31.4. The summed E-state index contributed by atoms with van der Waals surface area (Å²) < 4.78 is 10.5. The van der Waals surface area contributed by atoms with E-state index >= 15 is 0 Å². The first-order valence-corrected chi connectivity index (χ1v) is 9.30. The first kappa shape index (κ1) is 19.7. The van der Waals surface area contributed by atoms with Crippen LogP contribution in [0.4, 0.5) is 5.69 Å². The van der Waals surface area contributed by atoms with Gasteiger partial charge in [-0.15, -0.1) is 0 Å². The van der Waals surface area contributed by atoms with Gasteiger partial charge < -0.3 is 19.7 Å². The third-order valence-corrected chi connectivity index (χ3v) is 4.84. The topological polar surface area (TPSA) is 80.8 Å². The number of likely N-dealkylation sites (tertiary alicyclic amines) is 1. The molecule has 0 saturated carbocycles. The lowest BCUT2D eigenvalue weighted by Crippen LogP contribution is -2.39. The lowest BCUT2D eigenvalue weighted by Gasteiger charge is -2.30. The minimum atomic E-state index is -0.341. The molecule has 0 aliphatic carbocycles. The molecule has 1 aromatic carbocycles. The van der Waals surface area contributed by atoms with Crippen molar-refractivity contribution in [3.8, 4) is 11.5 Å². The van der Waals surface area contributed by atoms with E-state index in [1.807, 2.05) is 4.90 Å². The number of nitrogens with one attached hydrogen (secondary N) is 1. The molecule has 1 unspecified atom stereocenters. The predicted octanol–water partition coefficient (Wildman–Crippen LogP) is 3.22. The van der Waals surface area contributed by atoms with E-state index in [9.17, 15) is 9.59 Å². The molecule has 2 amide bonds. The van der Waals surface area contributed by atoms with Gasteiger partial charge in [-0.25, -0.2) is 0 Å². The Morgan fingerprint density at radius 1 is 1.18 bits per heavy atom. The van der Waals surface area contributed by atoms with Gasteiger partial charge in [0, 0.05) is 30.9 Å². The van der Waals surface area contributed by atoms with Gasteiger partial charge in [0.25, 0.3) is 11.8 Å². The van der Waals surface area contributed by atoms with Crippen molar-refractivity contribution < 1.29 is 19.1 Å². The third kappa shape index (κ3) is 4.42. The van der Waals surface area contributed by atoms with Crippen LogP contribution < -0.4 is 14.8 Å². The maximum absolute atomic E-state index is 12.7. The molecule has 3 rings (SSSR count). The van der Waals surface area contributed by atoms with Crippen molar-refractivity contribution in [1.29, 1.82) is 0 Å². The van der Waals surface area contributed by atoms with E-state index in [1.165, 1.54) is 19.4 Å². The minimum Gasteiger partial charge on any atom is -0.497 e. The SMILES string of the molecule is COc1ccc(NC(=O)c2ccnc(C(=O)N3CCCC(C)C3)c2)c(OC)c1. The monoisotopic (exact) mass is 383 g/mol. The van der Waals surface area contributed by atoms with Crippen LogP contribution in [0.1, 0.15) is 40.6 Å². The van der Waals surface area contributed by atoms with Crippen LogP contribution >= 0.6 is 0 Å². The molecule has 0 radical (unpaired) electrons. The number of carbonyl (C=O) groups excluding carboxylic acids is 2. The summed E-state index contributed by atoms with van der Waals surface area (Å²) in [6, 6.07) is 8.25. The quantitative estimate of drug-likeness (QED) is 0.857. The second-order valence-corrected chi connectivity index (χ2v) is 6.95. The highest BCUT2D eigenvalue weighted by Crippen LogP contribution is 2.29. The van der Waals surface area contributed by atoms with E-state index in [4.69, 9.17) is 9.47 Å². The Bertz CT molecular complexity index is 868. The van der Waals surface area contributed by atoms with E-state index in [-0.39, 0.29) is 17.5 Å². The Hall–Kier alpha value is -3.09. The van der Waals surface area contributed by atoms with E-state index in [0.717, 1.165) is 25.9 Å². The molecule has 0 spiro atoms. The number of carbonyl (C=O) groups is 2. The van der Waals surface area contributed by atoms with Gasteiger partial charge in [-0.05, 0) is 43.0 Å². The van der Waals surface area contributed by atoms with Gasteiger partial charge in [0.2, 0.25) is 0 Å². The zero-order valence-electron chi connectivity index (χ0n) is 16.4. The number of methoxy groups -OCH3 is 2. The number of nitrogens with zero attached hydrogens (tertiary/aromatic N) is 2. The van der Waals surface area contributed by atoms with Crippen molar-refractivity contribution in [1.82, 2.24) is 9.88 Å². The molecular formula is C21H25N3O4. The van der Waals surface area contributed by atoms with E-state index < -0.39 is 0 Å². The van der Waals surface area contributed by atoms with Crippen molar-refractivity contribution in [2.45, 2.75) is 19.8 Å². The molecule has 2 heterocycles. The highest BCUT2D eigenvalue weighted by molar-refractivity contribution is 6.06. The molecular weight excluding hydrogens is 358 g/mol. The van der Waals surface area contributed by atoms with Gasteiger partial charge in [-0.3, -0.25) is 14.6 Å². The summed E-state index contributed by atoms with van der Waals surface area (Å²) in [5.74, 6) is 1.12. The van der Waals surface area contributed by atoms with E-state index in [0.29, 0.717) is 28.7 Å². The largest absolute Gasteiger partial charge is 0.497 e. The predicted molar refractivity (Wildman–Crippen MR) is 106 cm³/mol. The first-order valence-electron chi connectivity index (χ1n) is 9.30. The Labute approximate surface area is 164 Å². The summed E-state index contributed by atoms with van der Waals surface area (Å²) in [5.41, 5.74) is 1.16. The minimum absolute atomic E-state index is 0.136. The van der Waals surface area contributed by atoms with Gasteiger partial charge in [-0.1, -0.05) is 6.92 Å². The number of benzene rings is 1. The zero-order valence-corrected chi connectivity index (χ0v) is 16.4. The number of ether oxygens (including phenoxy) is 2. The van der Waals surface area contributed by atoms with Crippen molar-refractivity contribution in [3.63, 3.8) is 0 Å².